The predicted molar refractivity (Wildman–Crippen MR) is 118 cm³/mol. The van der Waals surface area contributed by atoms with Crippen LogP contribution >= 0.6 is 22.6 Å². The van der Waals surface area contributed by atoms with Crippen LogP contribution < -0.4 is 0 Å². The lowest BCUT2D eigenvalue weighted by molar-refractivity contribution is -0.00641. The number of aromatic nitrogens is 2. The molecule has 0 saturated heterocycles. The van der Waals surface area contributed by atoms with E-state index >= 15 is 0 Å². The van der Waals surface area contributed by atoms with Crippen LogP contribution in [-0.2, 0) is 9.47 Å². The number of hydrogen-bond acceptors (Lipinski definition) is 5. The highest BCUT2D eigenvalue weighted by atomic mass is 127. The fourth-order valence-corrected chi connectivity index (χ4v) is 4.22. The van der Waals surface area contributed by atoms with Gasteiger partial charge in [0.2, 0.25) is 0 Å². The third-order valence-corrected chi connectivity index (χ3v) is 5.76. The quantitative estimate of drug-likeness (QED) is 0.494. The Morgan fingerprint density at radius 3 is 2.07 bits per heavy atom. The molecule has 3 rings (SSSR count). The van der Waals surface area contributed by atoms with Crippen molar-refractivity contribution < 1.29 is 19.1 Å². The van der Waals surface area contributed by atoms with Crippen LogP contribution in [0.25, 0.3) is 0 Å². The van der Waals surface area contributed by atoms with Crippen LogP contribution in [-0.4, -0.2) is 44.6 Å². The van der Waals surface area contributed by atoms with Gasteiger partial charge in [0.05, 0.1) is 15.3 Å². The molecule has 2 amide bonds. The lowest BCUT2D eigenvalue weighted by Crippen LogP contribution is -2.47. The first-order chi connectivity index (χ1) is 13.3. The highest BCUT2D eigenvalue weighted by Gasteiger charge is 2.39. The lowest BCUT2D eigenvalue weighted by atomic mass is 9.80. The van der Waals surface area contributed by atoms with Crippen molar-refractivity contribution in [2.75, 3.05) is 6.54 Å². The molecule has 1 aromatic rings. The van der Waals surface area contributed by atoms with E-state index in [-0.39, 0.29) is 5.92 Å². The molecule has 7 nitrogen and oxygen atoms in total. The van der Waals surface area contributed by atoms with Gasteiger partial charge in [-0.05, 0) is 95.7 Å². The Morgan fingerprint density at radius 1 is 1.10 bits per heavy atom. The summed E-state index contributed by atoms with van der Waals surface area (Å²) in [5.41, 5.74) is -0.132. The fraction of sp³-hybridized carbons (Fsp3) is 0.762. The maximum Gasteiger partial charge on any atom is 0.419 e. The molecule has 0 unspecified atom stereocenters. The molecule has 0 atom stereocenters. The minimum Gasteiger partial charge on any atom is -0.443 e. The normalized spacial score (nSPS) is 22.0. The zero-order valence-corrected chi connectivity index (χ0v) is 20.4. The second-order valence-electron chi connectivity index (χ2n) is 10.2. The average Bonchev–Trinajstić information content (AvgIpc) is 3.25. The molecule has 0 spiro atoms. The number of carbonyl (C=O) groups is 2. The number of ether oxygens (including phenoxy) is 2. The molecular formula is C21H32IN3O4. The van der Waals surface area contributed by atoms with Crippen molar-refractivity contribution in [2.24, 2.45) is 5.92 Å². The molecule has 2 aliphatic carbocycles. The summed E-state index contributed by atoms with van der Waals surface area (Å²) in [5, 5.41) is 4.79. The van der Waals surface area contributed by atoms with Crippen LogP contribution in [0.15, 0.2) is 6.20 Å². The highest BCUT2D eigenvalue weighted by molar-refractivity contribution is 14.1. The Hall–Kier alpha value is -1.32. The Bertz CT molecular complexity index is 740. The van der Waals surface area contributed by atoms with E-state index in [4.69, 9.17) is 14.6 Å². The van der Waals surface area contributed by atoms with Crippen molar-refractivity contribution in [3.63, 3.8) is 0 Å². The smallest absolute Gasteiger partial charge is 0.419 e. The molecule has 2 saturated carbocycles. The summed E-state index contributed by atoms with van der Waals surface area (Å²) in [5.74, 6) is 0.847. The van der Waals surface area contributed by atoms with Gasteiger partial charge in [0, 0.05) is 18.7 Å². The average molecular weight is 517 g/mol. The summed E-state index contributed by atoms with van der Waals surface area (Å²) in [6.45, 7) is 11.0. The molecule has 29 heavy (non-hydrogen) atoms. The van der Waals surface area contributed by atoms with Gasteiger partial charge >= 0.3 is 12.2 Å². The third-order valence-electron chi connectivity index (χ3n) is 4.93. The van der Waals surface area contributed by atoms with Crippen molar-refractivity contribution in [3.8, 4) is 0 Å². The number of imide groups is 1. The van der Waals surface area contributed by atoms with Crippen molar-refractivity contribution >= 4 is 34.8 Å². The predicted octanol–water partition coefficient (Wildman–Crippen LogP) is 5.49. The molecule has 162 valence electrons. The Morgan fingerprint density at radius 2 is 1.62 bits per heavy atom. The first kappa shape index (κ1) is 22.4. The van der Waals surface area contributed by atoms with E-state index in [0.29, 0.717) is 18.5 Å². The fourth-order valence-electron chi connectivity index (χ4n) is 3.39. The van der Waals surface area contributed by atoms with Gasteiger partial charge in [0.1, 0.15) is 11.2 Å². The SMILES string of the molecule is CC(C)(C)OC(=O)N(CC1CC(n2cc(I)c(C3CC3)n2)C1)C(=O)OC(C)(C)C. The van der Waals surface area contributed by atoms with Gasteiger partial charge in [0.25, 0.3) is 0 Å². The van der Waals surface area contributed by atoms with E-state index in [2.05, 4.69) is 33.5 Å². The molecule has 0 N–H and O–H groups in total. The van der Waals surface area contributed by atoms with E-state index in [9.17, 15) is 9.59 Å². The van der Waals surface area contributed by atoms with Gasteiger partial charge in [-0.15, -0.1) is 0 Å². The van der Waals surface area contributed by atoms with Gasteiger partial charge in [-0.2, -0.15) is 5.10 Å². The Kier molecular flexibility index (Phi) is 6.23. The zero-order valence-electron chi connectivity index (χ0n) is 18.2. The number of amides is 2. The molecule has 2 aliphatic rings. The third kappa shape index (κ3) is 6.08. The summed E-state index contributed by atoms with van der Waals surface area (Å²) < 4.78 is 14.2. The number of halogens is 1. The molecule has 0 aromatic carbocycles. The van der Waals surface area contributed by atoms with Gasteiger partial charge in [-0.1, -0.05) is 0 Å². The van der Waals surface area contributed by atoms with Crippen LogP contribution in [0, 0.1) is 9.49 Å². The summed E-state index contributed by atoms with van der Waals surface area (Å²) >= 11 is 2.36. The van der Waals surface area contributed by atoms with Crippen molar-refractivity contribution in [1.29, 1.82) is 0 Å². The molecule has 2 fully saturated rings. The number of rotatable bonds is 4. The topological polar surface area (TPSA) is 73.7 Å². The lowest BCUT2D eigenvalue weighted by Gasteiger charge is -2.38. The maximum atomic E-state index is 12.6. The molecule has 8 heteroatoms. The van der Waals surface area contributed by atoms with Gasteiger partial charge in [-0.3, -0.25) is 4.68 Å². The second-order valence-corrected chi connectivity index (χ2v) is 11.3. The number of carbonyl (C=O) groups excluding carboxylic acids is 2. The minimum absolute atomic E-state index is 0.214. The minimum atomic E-state index is -0.676. The van der Waals surface area contributed by atoms with Crippen molar-refractivity contribution in [2.45, 2.75) is 90.4 Å². The number of nitrogens with zero attached hydrogens (tertiary/aromatic N) is 3. The van der Waals surface area contributed by atoms with Crippen LogP contribution in [0.1, 0.15) is 84.9 Å². The Labute approximate surface area is 186 Å². The van der Waals surface area contributed by atoms with Crippen LogP contribution in [0.2, 0.25) is 0 Å². The highest BCUT2D eigenvalue weighted by Crippen LogP contribution is 2.43. The van der Waals surface area contributed by atoms with Crippen LogP contribution in [0.5, 0.6) is 0 Å². The molecule has 0 aliphatic heterocycles. The summed E-state index contributed by atoms with van der Waals surface area (Å²) in [4.78, 5) is 26.4. The monoisotopic (exact) mass is 517 g/mol. The standard InChI is InChI=1S/C21H32IN3O4/c1-20(2,3)28-18(26)24(19(27)29-21(4,5)6)11-13-9-15(10-13)25-12-16(22)17(23-25)14-7-8-14/h12-15H,7-11H2,1-6H3. The van der Waals surface area contributed by atoms with E-state index in [1.54, 1.807) is 41.5 Å². The van der Waals surface area contributed by atoms with Gasteiger partial charge in [0.15, 0.2) is 0 Å². The van der Waals surface area contributed by atoms with Gasteiger partial charge in [-0.25, -0.2) is 14.5 Å². The second kappa shape index (κ2) is 8.07. The molecule has 1 aromatic heterocycles. The van der Waals surface area contributed by atoms with Gasteiger partial charge < -0.3 is 9.47 Å². The zero-order chi connectivity index (χ0) is 21.6. The van der Waals surface area contributed by atoms with Crippen molar-refractivity contribution in [1.82, 2.24) is 14.7 Å². The molecule has 0 radical (unpaired) electrons. The maximum absolute atomic E-state index is 12.6. The van der Waals surface area contributed by atoms with Crippen LogP contribution in [0.4, 0.5) is 9.59 Å². The summed E-state index contributed by atoms with van der Waals surface area (Å²) in [7, 11) is 0. The van der Waals surface area contributed by atoms with E-state index < -0.39 is 23.4 Å². The first-order valence-electron chi connectivity index (χ1n) is 10.3. The number of hydrogen-bond donors (Lipinski definition) is 0. The van der Waals surface area contributed by atoms with E-state index in [0.717, 1.165) is 17.7 Å². The Balaban J connectivity index is 1.61. The summed E-state index contributed by atoms with van der Waals surface area (Å²) in [6, 6.07) is 0.320. The molecule has 1 heterocycles. The van der Waals surface area contributed by atoms with Crippen molar-refractivity contribution in [3.05, 3.63) is 15.5 Å². The van der Waals surface area contributed by atoms with E-state index in [1.165, 1.54) is 22.1 Å². The largest absolute Gasteiger partial charge is 0.443 e. The molecule has 0 bridgehead atoms. The summed E-state index contributed by atoms with van der Waals surface area (Å²) in [6.07, 6.45) is 5.05. The van der Waals surface area contributed by atoms with Crippen LogP contribution in [0.3, 0.4) is 0 Å². The molecular weight excluding hydrogens is 485 g/mol. The van der Waals surface area contributed by atoms with E-state index in [1.807, 2.05) is 0 Å². The first-order valence-corrected chi connectivity index (χ1v) is 11.4.